The van der Waals surface area contributed by atoms with Gasteiger partial charge < -0.3 is 15.3 Å². The van der Waals surface area contributed by atoms with Gasteiger partial charge in [-0.25, -0.2) is 0 Å². The van der Waals surface area contributed by atoms with Crippen molar-refractivity contribution in [3.8, 4) is 0 Å². The highest BCUT2D eigenvalue weighted by molar-refractivity contribution is 5.85. The lowest BCUT2D eigenvalue weighted by Crippen LogP contribution is -2.51. The average molecular weight is 221 g/mol. The van der Waals surface area contributed by atoms with Gasteiger partial charge in [0.25, 0.3) is 0 Å². The maximum atomic E-state index is 8.86. The molecule has 2 aliphatic heterocycles. The Morgan fingerprint density at radius 2 is 2.07 bits per heavy atom. The van der Waals surface area contributed by atoms with E-state index in [0.717, 1.165) is 18.4 Å². The Labute approximate surface area is 92.3 Å². The Morgan fingerprint density at radius 1 is 1.29 bits per heavy atom. The van der Waals surface area contributed by atoms with Crippen LogP contribution in [0, 0.1) is 11.8 Å². The number of aliphatic hydroxyl groups is 1. The van der Waals surface area contributed by atoms with E-state index in [-0.39, 0.29) is 12.4 Å². The molecule has 0 radical (unpaired) electrons. The highest BCUT2D eigenvalue weighted by Gasteiger charge is 2.30. The largest absolute Gasteiger partial charge is 0.395 e. The van der Waals surface area contributed by atoms with Crippen molar-refractivity contribution in [2.24, 2.45) is 11.8 Å². The summed E-state index contributed by atoms with van der Waals surface area (Å²) in [6, 6.07) is 0. The molecule has 2 heterocycles. The molecule has 0 aromatic carbocycles. The first kappa shape index (κ1) is 12.2. The van der Waals surface area contributed by atoms with Crippen LogP contribution in [-0.2, 0) is 0 Å². The molecule has 0 spiro atoms. The number of hydrogen-bond donors (Lipinski definition) is 2. The van der Waals surface area contributed by atoms with E-state index in [4.69, 9.17) is 5.11 Å². The van der Waals surface area contributed by atoms with E-state index in [2.05, 4.69) is 10.2 Å². The molecule has 0 amide bonds. The van der Waals surface area contributed by atoms with Crippen LogP contribution in [0.15, 0.2) is 0 Å². The Kier molecular flexibility index (Phi) is 5.17. The molecule has 2 aliphatic rings. The van der Waals surface area contributed by atoms with Crippen LogP contribution in [0.5, 0.6) is 0 Å². The maximum Gasteiger partial charge on any atom is 0.0558 e. The molecule has 2 saturated heterocycles. The van der Waals surface area contributed by atoms with E-state index < -0.39 is 0 Å². The van der Waals surface area contributed by atoms with Gasteiger partial charge in [0.1, 0.15) is 0 Å². The van der Waals surface area contributed by atoms with Gasteiger partial charge >= 0.3 is 0 Å². The Hall–Kier alpha value is 0.170. The molecular formula is C10H21ClN2O. The number of rotatable bonds is 3. The van der Waals surface area contributed by atoms with Crippen molar-refractivity contribution in [3.05, 3.63) is 0 Å². The fourth-order valence-corrected chi connectivity index (χ4v) is 2.46. The second-order valence-electron chi connectivity index (χ2n) is 4.34. The van der Waals surface area contributed by atoms with Crippen LogP contribution in [0.2, 0.25) is 0 Å². The smallest absolute Gasteiger partial charge is 0.0558 e. The van der Waals surface area contributed by atoms with Crippen LogP contribution < -0.4 is 5.32 Å². The van der Waals surface area contributed by atoms with Crippen LogP contribution in [0.25, 0.3) is 0 Å². The second-order valence-corrected chi connectivity index (χ2v) is 4.34. The summed E-state index contributed by atoms with van der Waals surface area (Å²) in [6.07, 6.45) is 2.72. The first-order chi connectivity index (χ1) is 6.40. The highest BCUT2D eigenvalue weighted by Crippen LogP contribution is 2.26. The SMILES string of the molecule is Cl.OCCN1CCCC(C2CNC2)C1. The molecule has 84 valence electrons. The highest BCUT2D eigenvalue weighted by atomic mass is 35.5. The minimum absolute atomic E-state index is 0. The molecule has 3 nitrogen and oxygen atoms in total. The van der Waals surface area contributed by atoms with Crippen LogP contribution in [0.1, 0.15) is 12.8 Å². The van der Waals surface area contributed by atoms with Crippen molar-refractivity contribution in [1.29, 1.82) is 0 Å². The molecule has 0 bridgehead atoms. The fourth-order valence-electron chi connectivity index (χ4n) is 2.46. The number of likely N-dealkylation sites (tertiary alicyclic amines) is 1. The number of aliphatic hydroxyl groups excluding tert-OH is 1. The summed E-state index contributed by atoms with van der Waals surface area (Å²) < 4.78 is 0. The van der Waals surface area contributed by atoms with Crippen molar-refractivity contribution in [1.82, 2.24) is 10.2 Å². The number of piperidine rings is 1. The Bertz CT molecular complexity index is 162. The predicted octanol–water partition coefficient (Wildman–Crippen LogP) is 0.332. The van der Waals surface area contributed by atoms with Gasteiger partial charge in [0, 0.05) is 13.1 Å². The third-order valence-corrected chi connectivity index (χ3v) is 3.44. The first-order valence-corrected chi connectivity index (χ1v) is 5.44. The van der Waals surface area contributed by atoms with E-state index >= 15 is 0 Å². The lowest BCUT2D eigenvalue weighted by atomic mass is 9.82. The van der Waals surface area contributed by atoms with E-state index in [0.29, 0.717) is 6.61 Å². The first-order valence-electron chi connectivity index (χ1n) is 5.44. The molecule has 2 rings (SSSR count). The van der Waals surface area contributed by atoms with Crippen molar-refractivity contribution in [2.45, 2.75) is 12.8 Å². The van der Waals surface area contributed by atoms with Gasteiger partial charge in [-0.3, -0.25) is 0 Å². The zero-order valence-corrected chi connectivity index (χ0v) is 9.43. The Balaban J connectivity index is 0.000000980. The third kappa shape index (κ3) is 2.83. The fraction of sp³-hybridized carbons (Fsp3) is 1.00. The summed E-state index contributed by atoms with van der Waals surface area (Å²) in [5.74, 6) is 1.81. The van der Waals surface area contributed by atoms with E-state index in [9.17, 15) is 0 Å². The number of nitrogens with one attached hydrogen (secondary N) is 1. The van der Waals surface area contributed by atoms with Gasteiger partial charge in [-0.15, -0.1) is 12.4 Å². The average Bonchev–Trinajstić information content (AvgIpc) is 2.02. The lowest BCUT2D eigenvalue weighted by Gasteiger charge is -2.41. The summed E-state index contributed by atoms with van der Waals surface area (Å²) in [5.41, 5.74) is 0. The minimum Gasteiger partial charge on any atom is -0.395 e. The number of nitrogens with zero attached hydrogens (tertiary/aromatic N) is 1. The summed E-state index contributed by atoms with van der Waals surface area (Å²) in [5, 5.41) is 12.2. The van der Waals surface area contributed by atoms with Gasteiger partial charge in [0.05, 0.1) is 6.61 Å². The van der Waals surface area contributed by atoms with Crippen molar-refractivity contribution < 1.29 is 5.11 Å². The predicted molar refractivity (Wildman–Crippen MR) is 59.9 cm³/mol. The molecule has 14 heavy (non-hydrogen) atoms. The molecule has 0 saturated carbocycles. The van der Waals surface area contributed by atoms with Gasteiger partial charge in [-0.05, 0) is 44.3 Å². The maximum absolute atomic E-state index is 8.86. The zero-order valence-electron chi connectivity index (χ0n) is 8.61. The minimum atomic E-state index is 0. The molecule has 0 aromatic rings. The summed E-state index contributed by atoms with van der Waals surface area (Å²) >= 11 is 0. The molecule has 1 unspecified atom stereocenters. The van der Waals surface area contributed by atoms with E-state index in [1.807, 2.05) is 0 Å². The van der Waals surface area contributed by atoms with Crippen LogP contribution >= 0.6 is 12.4 Å². The third-order valence-electron chi connectivity index (χ3n) is 3.44. The standard InChI is InChI=1S/C10H20N2O.ClH/c13-5-4-12-3-1-2-9(8-12)10-6-11-7-10;/h9-11,13H,1-8H2;1H. The summed E-state index contributed by atoms with van der Waals surface area (Å²) in [4.78, 5) is 2.41. The molecule has 2 fully saturated rings. The quantitative estimate of drug-likeness (QED) is 0.720. The molecule has 1 atom stereocenters. The Morgan fingerprint density at radius 3 is 2.64 bits per heavy atom. The normalized spacial score (nSPS) is 29.4. The number of β-amino-alcohol motifs (C(OH)–C–C–N with tert-alkyl or cyclic N) is 1. The van der Waals surface area contributed by atoms with Crippen molar-refractivity contribution in [3.63, 3.8) is 0 Å². The van der Waals surface area contributed by atoms with E-state index in [1.165, 1.54) is 39.0 Å². The summed E-state index contributed by atoms with van der Waals surface area (Å²) in [7, 11) is 0. The monoisotopic (exact) mass is 220 g/mol. The molecule has 0 aliphatic carbocycles. The van der Waals surface area contributed by atoms with E-state index in [1.54, 1.807) is 0 Å². The van der Waals surface area contributed by atoms with Gasteiger partial charge in [0.2, 0.25) is 0 Å². The molecule has 0 aromatic heterocycles. The van der Waals surface area contributed by atoms with Gasteiger partial charge in [0.15, 0.2) is 0 Å². The van der Waals surface area contributed by atoms with Gasteiger partial charge in [-0.1, -0.05) is 0 Å². The second kappa shape index (κ2) is 5.91. The van der Waals surface area contributed by atoms with Crippen molar-refractivity contribution in [2.75, 3.05) is 39.3 Å². The van der Waals surface area contributed by atoms with Crippen LogP contribution in [0.4, 0.5) is 0 Å². The van der Waals surface area contributed by atoms with Crippen LogP contribution in [0.3, 0.4) is 0 Å². The number of halogens is 1. The lowest BCUT2D eigenvalue weighted by molar-refractivity contribution is 0.0929. The van der Waals surface area contributed by atoms with Gasteiger partial charge in [-0.2, -0.15) is 0 Å². The molecule has 2 N–H and O–H groups in total. The molecular weight excluding hydrogens is 200 g/mol. The topological polar surface area (TPSA) is 35.5 Å². The van der Waals surface area contributed by atoms with Crippen molar-refractivity contribution >= 4 is 12.4 Å². The summed E-state index contributed by atoms with van der Waals surface area (Å²) in [6.45, 7) is 6.03. The van der Waals surface area contributed by atoms with Crippen LogP contribution in [-0.4, -0.2) is 49.3 Å². The zero-order chi connectivity index (χ0) is 9.10. The number of hydrogen-bond acceptors (Lipinski definition) is 3. The molecule has 4 heteroatoms.